The Labute approximate surface area is 90.5 Å². The van der Waals surface area contributed by atoms with Crippen LogP contribution < -0.4 is 5.73 Å². The molecule has 0 bridgehead atoms. The van der Waals surface area contributed by atoms with E-state index in [9.17, 15) is 0 Å². The highest BCUT2D eigenvalue weighted by atomic mass is 16.5. The van der Waals surface area contributed by atoms with Crippen molar-refractivity contribution in [3.8, 4) is 0 Å². The van der Waals surface area contributed by atoms with Gasteiger partial charge in [0.2, 0.25) is 0 Å². The summed E-state index contributed by atoms with van der Waals surface area (Å²) in [7, 11) is 0. The van der Waals surface area contributed by atoms with Crippen LogP contribution in [0.2, 0.25) is 0 Å². The number of hydrogen-bond donors (Lipinski definition) is 1. The zero-order chi connectivity index (χ0) is 10.5. The third-order valence-corrected chi connectivity index (χ3v) is 3.89. The molecule has 0 radical (unpaired) electrons. The quantitative estimate of drug-likeness (QED) is 0.507. The van der Waals surface area contributed by atoms with Gasteiger partial charge < -0.3 is 15.4 Å². The molecule has 0 aromatic carbocycles. The minimum Gasteiger partial charge on any atom is -0.375 e. The van der Waals surface area contributed by atoms with Gasteiger partial charge in [0.25, 0.3) is 0 Å². The monoisotopic (exact) mass is 209 g/mol. The van der Waals surface area contributed by atoms with Crippen molar-refractivity contribution in [2.45, 2.75) is 38.3 Å². The van der Waals surface area contributed by atoms with E-state index < -0.39 is 0 Å². The number of morpholine rings is 1. The first kappa shape index (κ1) is 9.46. The molecule has 0 aromatic heterocycles. The number of nitrogens with zero attached hydrogens (tertiary/aromatic N) is 2. The smallest absolute Gasteiger partial charge is 0.191 e. The van der Waals surface area contributed by atoms with Gasteiger partial charge in [0, 0.05) is 13.1 Å². The van der Waals surface area contributed by atoms with Crippen molar-refractivity contribution in [1.82, 2.24) is 4.90 Å². The molecule has 2 atom stereocenters. The molecule has 0 amide bonds. The molecule has 2 unspecified atom stereocenters. The van der Waals surface area contributed by atoms with Gasteiger partial charge >= 0.3 is 0 Å². The molecule has 4 heteroatoms. The van der Waals surface area contributed by atoms with E-state index in [0.717, 1.165) is 25.7 Å². The van der Waals surface area contributed by atoms with Crippen LogP contribution in [0.25, 0.3) is 0 Å². The number of nitrogens with two attached hydrogens (primary N) is 1. The van der Waals surface area contributed by atoms with E-state index in [1.807, 2.05) is 0 Å². The normalized spacial score (nSPS) is 38.2. The molecule has 2 aliphatic carbocycles. The standard InChI is InChI=1S/C11H19N3O/c1-8-7-14(4-5-15-8)10(12)13-9-6-11(9)2-3-11/h8-9H,2-7H2,1H3,(H2,12,13). The van der Waals surface area contributed by atoms with Crippen LogP contribution in [-0.2, 0) is 4.74 Å². The number of rotatable bonds is 1. The summed E-state index contributed by atoms with van der Waals surface area (Å²) in [5.41, 5.74) is 6.63. The summed E-state index contributed by atoms with van der Waals surface area (Å²) in [6.45, 7) is 4.63. The lowest BCUT2D eigenvalue weighted by atomic mass is 10.3. The van der Waals surface area contributed by atoms with Crippen molar-refractivity contribution in [3.63, 3.8) is 0 Å². The van der Waals surface area contributed by atoms with E-state index in [4.69, 9.17) is 10.5 Å². The Bertz CT molecular complexity index is 298. The van der Waals surface area contributed by atoms with Gasteiger partial charge in [0.05, 0.1) is 18.8 Å². The molecular formula is C11H19N3O. The molecule has 0 aromatic rings. The highest BCUT2D eigenvalue weighted by Crippen LogP contribution is 2.67. The third kappa shape index (κ3) is 1.71. The topological polar surface area (TPSA) is 50.8 Å². The molecule has 1 spiro atoms. The Balaban J connectivity index is 1.60. The number of guanidine groups is 1. The van der Waals surface area contributed by atoms with E-state index >= 15 is 0 Å². The van der Waals surface area contributed by atoms with Gasteiger partial charge in [-0.15, -0.1) is 0 Å². The van der Waals surface area contributed by atoms with Gasteiger partial charge in [0.1, 0.15) is 0 Å². The van der Waals surface area contributed by atoms with Crippen LogP contribution in [0.4, 0.5) is 0 Å². The molecular weight excluding hydrogens is 190 g/mol. The van der Waals surface area contributed by atoms with Gasteiger partial charge in [-0.1, -0.05) is 0 Å². The second-order valence-electron chi connectivity index (χ2n) is 5.20. The van der Waals surface area contributed by atoms with Crippen LogP contribution >= 0.6 is 0 Å². The number of hydrogen-bond acceptors (Lipinski definition) is 2. The average molecular weight is 209 g/mol. The molecule has 2 saturated carbocycles. The number of ether oxygens (including phenoxy) is 1. The molecule has 3 rings (SSSR count). The van der Waals surface area contributed by atoms with Crippen molar-refractivity contribution in [1.29, 1.82) is 0 Å². The van der Waals surface area contributed by atoms with E-state index in [2.05, 4.69) is 16.8 Å². The fraction of sp³-hybridized carbons (Fsp3) is 0.909. The Kier molecular flexibility index (Phi) is 1.96. The summed E-state index contributed by atoms with van der Waals surface area (Å²) in [4.78, 5) is 6.78. The van der Waals surface area contributed by atoms with Gasteiger partial charge in [-0.05, 0) is 31.6 Å². The maximum Gasteiger partial charge on any atom is 0.191 e. The Morgan fingerprint density at radius 1 is 1.53 bits per heavy atom. The summed E-state index contributed by atoms with van der Waals surface area (Å²) in [6, 6.07) is 0.538. The largest absolute Gasteiger partial charge is 0.375 e. The van der Waals surface area contributed by atoms with Crippen LogP contribution in [0.5, 0.6) is 0 Å². The Hall–Kier alpha value is -0.770. The lowest BCUT2D eigenvalue weighted by Gasteiger charge is -2.31. The SMILES string of the molecule is CC1CN(C(N)=NC2CC23CC3)CCO1. The van der Waals surface area contributed by atoms with Gasteiger partial charge in [-0.25, -0.2) is 4.99 Å². The zero-order valence-electron chi connectivity index (χ0n) is 9.28. The first-order valence-corrected chi connectivity index (χ1v) is 5.89. The van der Waals surface area contributed by atoms with E-state index in [1.165, 1.54) is 19.3 Å². The van der Waals surface area contributed by atoms with E-state index in [1.54, 1.807) is 0 Å². The van der Waals surface area contributed by atoms with Crippen molar-refractivity contribution in [2.75, 3.05) is 19.7 Å². The van der Waals surface area contributed by atoms with Crippen LogP contribution in [0, 0.1) is 5.41 Å². The molecule has 15 heavy (non-hydrogen) atoms. The second kappa shape index (κ2) is 3.11. The average Bonchev–Trinajstić information content (AvgIpc) is 3.09. The predicted octanol–water partition coefficient (Wildman–Crippen LogP) is 0.574. The fourth-order valence-electron chi connectivity index (χ4n) is 2.47. The summed E-state index contributed by atoms with van der Waals surface area (Å²) in [6.07, 6.45) is 4.29. The van der Waals surface area contributed by atoms with Crippen molar-refractivity contribution in [2.24, 2.45) is 16.1 Å². The zero-order valence-corrected chi connectivity index (χ0v) is 9.28. The summed E-state index contributed by atoms with van der Waals surface area (Å²) >= 11 is 0. The molecule has 2 N–H and O–H groups in total. The maximum absolute atomic E-state index is 6.02. The summed E-state index contributed by atoms with van der Waals surface area (Å²) in [5.74, 6) is 0.735. The summed E-state index contributed by atoms with van der Waals surface area (Å²) in [5, 5.41) is 0. The van der Waals surface area contributed by atoms with E-state index in [0.29, 0.717) is 11.5 Å². The first-order valence-electron chi connectivity index (χ1n) is 5.89. The minimum atomic E-state index is 0.279. The molecule has 3 aliphatic rings. The van der Waals surface area contributed by atoms with Gasteiger partial charge in [-0.3, -0.25) is 0 Å². The van der Waals surface area contributed by atoms with Gasteiger partial charge in [-0.2, -0.15) is 0 Å². The maximum atomic E-state index is 6.02. The Morgan fingerprint density at radius 3 is 2.93 bits per heavy atom. The predicted molar refractivity (Wildman–Crippen MR) is 58.7 cm³/mol. The Morgan fingerprint density at radius 2 is 2.33 bits per heavy atom. The van der Waals surface area contributed by atoms with Crippen LogP contribution in [0.1, 0.15) is 26.2 Å². The third-order valence-electron chi connectivity index (χ3n) is 3.89. The molecule has 84 valence electrons. The van der Waals surface area contributed by atoms with E-state index in [-0.39, 0.29) is 6.10 Å². The molecule has 1 heterocycles. The fourth-order valence-corrected chi connectivity index (χ4v) is 2.47. The van der Waals surface area contributed by atoms with Gasteiger partial charge in [0.15, 0.2) is 5.96 Å². The lowest BCUT2D eigenvalue weighted by Crippen LogP contribution is -2.48. The molecule has 1 aliphatic heterocycles. The van der Waals surface area contributed by atoms with Crippen LogP contribution in [0.3, 0.4) is 0 Å². The first-order chi connectivity index (χ1) is 7.20. The lowest BCUT2D eigenvalue weighted by molar-refractivity contribution is 0.00527. The highest BCUT2D eigenvalue weighted by molar-refractivity contribution is 5.78. The van der Waals surface area contributed by atoms with Crippen LogP contribution in [0.15, 0.2) is 4.99 Å². The minimum absolute atomic E-state index is 0.279. The second-order valence-corrected chi connectivity index (χ2v) is 5.20. The van der Waals surface area contributed by atoms with Crippen molar-refractivity contribution >= 4 is 5.96 Å². The molecule has 3 fully saturated rings. The molecule has 1 saturated heterocycles. The number of aliphatic imine (C=N–C) groups is 1. The van der Waals surface area contributed by atoms with Crippen molar-refractivity contribution < 1.29 is 4.74 Å². The van der Waals surface area contributed by atoms with Crippen LogP contribution in [-0.4, -0.2) is 42.7 Å². The summed E-state index contributed by atoms with van der Waals surface area (Å²) < 4.78 is 5.48. The van der Waals surface area contributed by atoms with Crippen molar-refractivity contribution in [3.05, 3.63) is 0 Å². The highest BCUT2D eigenvalue weighted by Gasteiger charge is 2.63. The molecule has 4 nitrogen and oxygen atoms in total.